The number of carbonyl (C=O) groups excluding carboxylic acids is 1. The quantitative estimate of drug-likeness (QED) is 0.402. The van der Waals surface area contributed by atoms with Crippen molar-refractivity contribution in [2.45, 2.75) is 32.7 Å². The van der Waals surface area contributed by atoms with Crippen LogP contribution in [-0.4, -0.2) is 34.7 Å². The number of nitrogens with zero attached hydrogens (tertiary/aromatic N) is 3. The molecule has 0 spiro atoms. The molecule has 0 saturated heterocycles. The number of hydrogen-bond acceptors (Lipinski definition) is 5. The number of anilines is 1. The van der Waals surface area contributed by atoms with Crippen molar-refractivity contribution in [1.29, 1.82) is 0 Å². The van der Waals surface area contributed by atoms with E-state index in [1.54, 1.807) is 38.6 Å². The summed E-state index contributed by atoms with van der Waals surface area (Å²) >= 11 is 0. The summed E-state index contributed by atoms with van der Waals surface area (Å²) in [5.74, 6) is 2.12. The van der Waals surface area contributed by atoms with Crippen LogP contribution in [0.1, 0.15) is 29.8 Å². The standard InChI is InChI=1S/C26H28N4O3/c1-18-9-11-19(12-10-18)17-30-24(29-23-6-5-13-27-26(23)30)7-4-8-25(31)28-20-14-21(32-2)16-22(15-20)33-3/h5-6,9-16H,4,7-8,17H2,1-3H3,(H,28,31). The van der Waals surface area contributed by atoms with Crippen LogP contribution < -0.4 is 14.8 Å². The van der Waals surface area contributed by atoms with Gasteiger partial charge >= 0.3 is 0 Å². The van der Waals surface area contributed by atoms with Gasteiger partial charge in [0.15, 0.2) is 5.65 Å². The number of aryl methyl sites for hydroxylation is 2. The van der Waals surface area contributed by atoms with Gasteiger partial charge in [-0.1, -0.05) is 29.8 Å². The first-order valence-electron chi connectivity index (χ1n) is 10.9. The van der Waals surface area contributed by atoms with Gasteiger partial charge in [0.1, 0.15) is 22.8 Å². The number of methoxy groups -OCH3 is 2. The molecule has 4 aromatic rings. The number of carbonyl (C=O) groups is 1. The molecule has 0 aliphatic carbocycles. The number of pyridine rings is 1. The van der Waals surface area contributed by atoms with E-state index in [1.807, 2.05) is 12.1 Å². The number of ether oxygens (including phenoxy) is 2. The number of fused-ring (bicyclic) bond motifs is 1. The summed E-state index contributed by atoms with van der Waals surface area (Å²) < 4.78 is 12.7. The van der Waals surface area contributed by atoms with Gasteiger partial charge in [-0.3, -0.25) is 4.79 Å². The van der Waals surface area contributed by atoms with Crippen LogP contribution in [0.25, 0.3) is 11.2 Å². The summed E-state index contributed by atoms with van der Waals surface area (Å²) in [4.78, 5) is 21.9. The molecule has 0 fully saturated rings. The second kappa shape index (κ2) is 10.2. The summed E-state index contributed by atoms with van der Waals surface area (Å²) in [5.41, 5.74) is 4.80. The van der Waals surface area contributed by atoms with Crippen molar-refractivity contribution < 1.29 is 14.3 Å². The van der Waals surface area contributed by atoms with E-state index in [9.17, 15) is 4.79 Å². The zero-order chi connectivity index (χ0) is 23.2. The van der Waals surface area contributed by atoms with Gasteiger partial charge in [-0.2, -0.15) is 0 Å². The zero-order valence-electron chi connectivity index (χ0n) is 19.2. The fraction of sp³-hybridized carbons (Fsp3) is 0.269. The lowest BCUT2D eigenvalue weighted by molar-refractivity contribution is -0.116. The summed E-state index contributed by atoms with van der Waals surface area (Å²) in [6.45, 7) is 2.77. The highest BCUT2D eigenvalue weighted by molar-refractivity contribution is 5.91. The van der Waals surface area contributed by atoms with Gasteiger partial charge in [0, 0.05) is 42.9 Å². The van der Waals surface area contributed by atoms with Crippen LogP contribution in [0.15, 0.2) is 60.8 Å². The highest BCUT2D eigenvalue weighted by atomic mass is 16.5. The van der Waals surface area contributed by atoms with Gasteiger partial charge in [-0.15, -0.1) is 0 Å². The van der Waals surface area contributed by atoms with E-state index in [2.05, 4.69) is 46.1 Å². The third-order valence-corrected chi connectivity index (χ3v) is 5.48. The van der Waals surface area contributed by atoms with Crippen molar-refractivity contribution in [2.24, 2.45) is 0 Å². The van der Waals surface area contributed by atoms with Crippen molar-refractivity contribution in [3.05, 3.63) is 77.7 Å². The summed E-state index contributed by atoms with van der Waals surface area (Å²) in [6, 6.07) is 17.7. The Balaban J connectivity index is 1.44. The van der Waals surface area contributed by atoms with E-state index in [0.717, 1.165) is 17.0 Å². The van der Waals surface area contributed by atoms with Gasteiger partial charge < -0.3 is 19.4 Å². The first-order valence-corrected chi connectivity index (χ1v) is 10.9. The molecule has 2 aromatic carbocycles. The Hall–Kier alpha value is -3.87. The van der Waals surface area contributed by atoms with Gasteiger partial charge in [-0.25, -0.2) is 9.97 Å². The van der Waals surface area contributed by atoms with Crippen molar-refractivity contribution in [2.75, 3.05) is 19.5 Å². The van der Waals surface area contributed by atoms with Crippen LogP contribution >= 0.6 is 0 Å². The second-order valence-corrected chi connectivity index (χ2v) is 7.95. The molecule has 7 nitrogen and oxygen atoms in total. The Bertz CT molecular complexity index is 1230. The Morgan fingerprint density at radius 1 is 1.03 bits per heavy atom. The summed E-state index contributed by atoms with van der Waals surface area (Å²) in [6.07, 6.45) is 3.51. The van der Waals surface area contributed by atoms with Crippen LogP contribution in [0.3, 0.4) is 0 Å². The minimum Gasteiger partial charge on any atom is -0.497 e. The van der Waals surface area contributed by atoms with Gasteiger partial charge in [-0.05, 0) is 31.0 Å². The topological polar surface area (TPSA) is 78.3 Å². The largest absolute Gasteiger partial charge is 0.497 e. The number of imidazole rings is 1. The van der Waals surface area contributed by atoms with Gasteiger partial charge in [0.25, 0.3) is 0 Å². The van der Waals surface area contributed by atoms with Crippen LogP contribution in [-0.2, 0) is 17.8 Å². The molecule has 0 radical (unpaired) electrons. The molecule has 1 amide bonds. The Labute approximate surface area is 193 Å². The van der Waals surface area contributed by atoms with E-state index in [4.69, 9.17) is 14.5 Å². The Morgan fingerprint density at radius 2 is 1.76 bits per heavy atom. The number of rotatable bonds is 9. The fourth-order valence-electron chi connectivity index (χ4n) is 3.75. The number of aromatic nitrogens is 3. The first-order chi connectivity index (χ1) is 16.1. The first kappa shape index (κ1) is 22.3. The third kappa shape index (κ3) is 5.49. The molecule has 4 rings (SSSR count). The lowest BCUT2D eigenvalue weighted by Crippen LogP contribution is -2.13. The molecular formula is C26H28N4O3. The molecule has 0 aliphatic heterocycles. The lowest BCUT2D eigenvalue weighted by atomic mass is 10.1. The monoisotopic (exact) mass is 444 g/mol. The molecule has 170 valence electrons. The predicted molar refractivity (Wildman–Crippen MR) is 129 cm³/mol. The van der Waals surface area contributed by atoms with E-state index < -0.39 is 0 Å². The maximum Gasteiger partial charge on any atom is 0.224 e. The average molecular weight is 445 g/mol. The molecule has 1 N–H and O–H groups in total. The molecule has 2 heterocycles. The maximum atomic E-state index is 12.5. The lowest BCUT2D eigenvalue weighted by Gasteiger charge is -2.11. The molecule has 2 aromatic heterocycles. The van der Waals surface area contributed by atoms with Crippen LogP contribution in [0.2, 0.25) is 0 Å². The SMILES string of the molecule is COc1cc(NC(=O)CCCc2nc3cccnc3n2Cc2ccc(C)cc2)cc(OC)c1. The van der Waals surface area contributed by atoms with Crippen LogP contribution in [0.5, 0.6) is 11.5 Å². The van der Waals surface area contributed by atoms with E-state index in [0.29, 0.717) is 43.0 Å². The minimum atomic E-state index is -0.0652. The molecule has 0 unspecified atom stereocenters. The maximum absolute atomic E-state index is 12.5. The zero-order valence-corrected chi connectivity index (χ0v) is 19.2. The van der Waals surface area contributed by atoms with Crippen molar-refractivity contribution in [1.82, 2.24) is 14.5 Å². The van der Waals surface area contributed by atoms with E-state index in [1.165, 1.54) is 11.1 Å². The number of benzene rings is 2. The minimum absolute atomic E-state index is 0.0652. The van der Waals surface area contributed by atoms with E-state index in [-0.39, 0.29) is 5.91 Å². The normalized spacial score (nSPS) is 10.9. The number of amides is 1. The molecule has 0 bridgehead atoms. The molecule has 7 heteroatoms. The smallest absolute Gasteiger partial charge is 0.224 e. The average Bonchev–Trinajstić information content (AvgIpc) is 3.17. The van der Waals surface area contributed by atoms with E-state index >= 15 is 0 Å². The number of nitrogens with one attached hydrogen (secondary N) is 1. The Morgan fingerprint density at radius 3 is 2.45 bits per heavy atom. The second-order valence-electron chi connectivity index (χ2n) is 7.95. The highest BCUT2D eigenvalue weighted by Crippen LogP contribution is 2.26. The van der Waals surface area contributed by atoms with Crippen LogP contribution in [0.4, 0.5) is 5.69 Å². The number of hydrogen-bond donors (Lipinski definition) is 1. The molecular weight excluding hydrogens is 416 g/mol. The summed E-state index contributed by atoms with van der Waals surface area (Å²) in [5, 5.41) is 2.93. The van der Waals surface area contributed by atoms with Gasteiger partial charge in [0.2, 0.25) is 5.91 Å². The molecule has 0 saturated carbocycles. The predicted octanol–water partition coefficient (Wildman–Crippen LogP) is 4.77. The molecule has 0 aliphatic rings. The molecule has 33 heavy (non-hydrogen) atoms. The highest BCUT2D eigenvalue weighted by Gasteiger charge is 2.13. The van der Waals surface area contributed by atoms with Crippen molar-refractivity contribution in [3.63, 3.8) is 0 Å². The van der Waals surface area contributed by atoms with Crippen LogP contribution in [0, 0.1) is 6.92 Å². The summed E-state index contributed by atoms with van der Waals surface area (Å²) in [7, 11) is 3.16. The molecule has 0 atom stereocenters. The third-order valence-electron chi connectivity index (χ3n) is 5.48. The van der Waals surface area contributed by atoms with Crippen molar-refractivity contribution >= 4 is 22.8 Å². The fourth-order valence-corrected chi connectivity index (χ4v) is 3.75. The van der Waals surface area contributed by atoms with Crippen molar-refractivity contribution in [3.8, 4) is 11.5 Å². The Kier molecular flexibility index (Phi) is 6.88. The van der Waals surface area contributed by atoms with Gasteiger partial charge in [0.05, 0.1) is 20.8 Å².